The lowest BCUT2D eigenvalue weighted by molar-refractivity contribution is 0.0934. The zero-order chi connectivity index (χ0) is 18.4. The molecule has 0 aliphatic heterocycles. The number of anilines is 2. The van der Waals surface area contributed by atoms with Gasteiger partial charge in [0.15, 0.2) is 0 Å². The first-order chi connectivity index (χ1) is 12.7. The molecule has 1 amide bonds. The van der Waals surface area contributed by atoms with Crippen molar-refractivity contribution in [3.8, 4) is 5.75 Å². The molecule has 2 aromatic carbocycles. The maximum atomic E-state index is 12.5. The summed E-state index contributed by atoms with van der Waals surface area (Å²) in [4.78, 5) is 20.7. The van der Waals surface area contributed by atoms with Crippen LogP contribution in [0.1, 0.15) is 29.0 Å². The molecule has 0 aliphatic rings. The first-order valence-electron chi connectivity index (χ1n) is 8.24. The number of amides is 1. The second-order valence-corrected chi connectivity index (χ2v) is 5.75. The molecule has 6 nitrogen and oxygen atoms in total. The fourth-order valence-electron chi connectivity index (χ4n) is 2.47. The number of ether oxygens (including phenoxy) is 1. The molecule has 0 aliphatic carbocycles. The lowest BCUT2D eigenvalue weighted by atomic mass is 10.1. The van der Waals surface area contributed by atoms with E-state index in [9.17, 15) is 4.79 Å². The molecule has 0 bridgehead atoms. The molecule has 0 fully saturated rings. The highest BCUT2D eigenvalue weighted by Gasteiger charge is 2.13. The van der Waals surface area contributed by atoms with Crippen molar-refractivity contribution >= 4 is 17.4 Å². The molecule has 3 rings (SSSR count). The Morgan fingerprint density at radius 2 is 1.77 bits per heavy atom. The molecule has 1 atom stereocenters. The third-order valence-corrected chi connectivity index (χ3v) is 3.91. The highest BCUT2D eigenvalue weighted by molar-refractivity contribution is 5.93. The number of rotatable bonds is 6. The summed E-state index contributed by atoms with van der Waals surface area (Å²) >= 11 is 0. The van der Waals surface area contributed by atoms with E-state index < -0.39 is 0 Å². The van der Waals surface area contributed by atoms with E-state index in [0.717, 1.165) is 17.0 Å². The molecule has 6 heteroatoms. The van der Waals surface area contributed by atoms with Crippen molar-refractivity contribution in [3.63, 3.8) is 0 Å². The summed E-state index contributed by atoms with van der Waals surface area (Å²) < 4.78 is 5.14. The van der Waals surface area contributed by atoms with Gasteiger partial charge in [-0.3, -0.25) is 4.79 Å². The summed E-state index contributed by atoms with van der Waals surface area (Å²) in [5.41, 5.74) is 2.18. The SMILES string of the molecule is COc1ccc(Nc2cc(C(=O)NC(C)c3ccccc3)ncn2)cc1. The molecule has 0 saturated carbocycles. The Labute approximate surface area is 152 Å². The number of carbonyl (C=O) groups excluding carboxylic acids is 1. The van der Waals surface area contributed by atoms with Gasteiger partial charge < -0.3 is 15.4 Å². The summed E-state index contributed by atoms with van der Waals surface area (Å²) in [6.45, 7) is 1.94. The van der Waals surface area contributed by atoms with Crippen molar-refractivity contribution in [2.45, 2.75) is 13.0 Å². The zero-order valence-corrected chi connectivity index (χ0v) is 14.6. The first kappa shape index (κ1) is 17.4. The second kappa shape index (κ2) is 8.11. The minimum atomic E-state index is -0.249. The Morgan fingerprint density at radius 1 is 1.04 bits per heavy atom. The number of hydrogen-bond donors (Lipinski definition) is 2. The summed E-state index contributed by atoms with van der Waals surface area (Å²) in [6, 6.07) is 18.7. The topological polar surface area (TPSA) is 76.1 Å². The van der Waals surface area contributed by atoms with Crippen LogP contribution in [0.2, 0.25) is 0 Å². The van der Waals surface area contributed by atoms with Crippen LogP contribution < -0.4 is 15.4 Å². The predicted octanol–water partition coefficient (Wildman–Crippen LogP) is 3.72. The highest BCUT2D eigenvalue weighted by Crippen LogP contribution is 2.19. The van der Waals surface area contributed by atoms with Crippen molar-refractivity contribution < 1.29 is 9.53 Å². The van der Waals surface area contributed by atoms with Crippen molar-refractivity contribution in [2.24, 2.45) is 0 Å². The van der Waals surface area contributed by atoms with Crippen LogP contribution in [0, 0.1) is 0 Å². The van der Waals surface area contributed by atoms with E-state index >= 15 is 0 Å². The molecular weight excluding hydrogens is 328 g/mol. The maximum Gasteiger partial charge on any atom is 0.270 e. The molecule has 2 N–H and O–H groups in total. The van der Waals surface area contributed by atoms with Gasteiger partial charge in [0.1, 0.15) is 23.6 Å². The average Bonchev–Trinajstić information content (AvgIpc) is 2.69. The Hall–Kier alpha value is -3.41. The molecule has 1 heterocycles. The van der Waals surface area contributed by atoms with Gasteiger partial charge in [-0.1, -0.05) is 30.3 Å². The number of aromatic nitrogens is 2. The Morgan fingerprint density at radius 3 is 2.46 bits per heavy atom. The smallest absolute Gasteiger partial charge is 0.270 e. The van der Waals surface area contributed by atoms with Gasteiger partial charge in [-0.25, -0.2) is 9.97 Å². The van der Waals surface area contributed by atoms with Crippen LogP contribution in [0.25, 0.3) is 0 Å². The Bertz CT molecular complexity index is 866. The highest BCUT2D eigenvalue weighted by atomic mass is 16.5. The molecule has 26 heavy (non-hydrogen) atoms. The molecule has 1 aromatic heterocycles. The number of nitrogens with one attached hydrogen (secondary N) is 2. The molecule has 1 unspecified atom stereocenters. The lowest BCUT2D eigenvalue weighted by Gasteiger charge is -2.14. The van der Waals surface area contributed by atoms with E-state index in [1.807, 2.05) is 61.5 Å². The molecule has 0 saturated heterocycles. The van der Waals surface area contributed by atoms with Gasteiger partial charge >= 0.3 is 0 Å². The molecular formula is C20H20N4O2. The molecule has 0 spiro atoms. The van der Waals surface area contributed by atoms with Crippen LogP contribution in [-0.4, -0.2) is 23.0 Å². The number of carbonyl (C=O) groups is 1. The van der Waals surface area contributed by atoms with E-state index in [-0.39, 0.29) is 11.9 Å². The van der Waals surface area contributed by atoms with Gasteiger partial charge in [0.2, 0.25) is 0 Å². The van der Waals surface area contributed by atoms with Crippen LogP contribution in [0.4, 0.5) is 11.5 Å². The van der Waals surface area contributed by atoms with Gasteiger partial charge in [-0.15, -0.1) is 0 Å². The minimum Gasteiger partial charge on any atom is -0.497 e. The fraction of sp³-hybridized carbons (Fsp3) is 0.150. The predicted molar refractivity (Wildman–Crippen MR) is 101 cm³/mol. The monoisotopic (exact) mass is 348 g/mol. The van der Waals surface area contributed by atoms with Crippen LogP contribution in [0.3, 0.4) is 0 Å². The normalized spacial score (nSPS) is 11.5. The number of benzene rings is 2. The zero-order valence-electron chi connectivity index (χ0n) is 14.6. The van der Waals surface area contributed by atoms with Gasteiger partial charge in [-0.2, -0.15) is 0 Å². The number of nitrogens with zero attached hydrogens (tertiary/aromatic N) is 2. The third kappa shape index (κ3) is 4.36. The summed E-state index contributed by atoms with van der Waals surface area (Å²) in [6.07, 6.45) is 1.37. The van der Waals surface area contributed by atoms with E-state index in [1.54, 1.807) is 13.2 Å². The van der Waals surface area contributed by atoms with Gasteiger partial charge in [0.05, 0.1) is 13.2 Å². The van der Waals surface area contributed by atoms with Gasteiger partial charge in [0, 0.05) is 11.8 Å². The van der Waals surface area contributed by atoms with Crippen LogP contribution >= 0.6 is 0 Å². The molecule has 0 radical (unpaired) electrons. The summed E-state index contributed by atoms with van der Waals surface area (Å²) in [7, 11) is 1.62. The maximum absolute atomic E-state index is 12.5. The summed E-state index contributed by atoms with van der Waals surface area (Å²) in [5, 5.41) is 6.09. The van der Waals surface area contributed by atoms with Crippen molar-refractivity contribution in [2.75, 3.05) is 12.4 Å². The Kier molecular flexibility index (Phi) is 5.43. The van der Waals surface area contributed by atoms with Crippen LogP contribution in [-0.2, 0) is 0 Å². The number of methoxy groups -OCH3 is 1. The van der Waals surface area contributed by atoms with Gasteiger partial charge in [0.25, 0.3) is 5.91 Å². The largest absolute Gasteiger partial charge is 0.497 e. The fourth-order valence-corrected chi connectivity index (χ4v) is 2.47. The second-order valence-electron chi connectivity index (χ2n) is 5.75. The van der Waals surface area contributed by atoms with Crippen molar-refractivity contribution in [3.05, 3.63) is 78.2 Å². The average molecular weight is 348 g/mol. The van der Waals surface area contributed by atoms with E-state index in [2.05, 4.69) is 20.6 Å². The summed E-state index contributed by atoms with van der Waals surface area (Å²) in [5.74, 6) is 1.07. The third-order valence-electron chi connectivity index (χ3n) is 3.91. The first-order valence-corrected chi connectivity index (χ1v) is 8.24. The van der Waals surface area contributed by atoms with Crippen molar-refractivity contribution in [1.29, 1.82) is 0 Å². The lowest BCUT2D eigenvalue weighted by Crippen LogP contribution is -2.27. The van der Waals surface area contributed by atoms with Crippen LogP contribution in [0.15, 0.2) is 67.0 Å². The Balaban J connectivity index is 1.68. The quantitative estimate of drug-likeness (QED) is 0.710. The molecule has 132 valence electrons. The number of hydrogen-bond acceptors (Lipinski definition) is 5. The van der Waals surface area contributed by atoms with Gasteiger partial charge in [-0.05, 0) is 36.8 Å². The van der Waals surface area contributed by atoms with E-state index in [4.69, 9.17) is 4.74 Å². The van der Waals surface area contributed by atoms with Crippen LogP contribution in [0.5, 0.6) is 5.75 Å². The standard InChI is InChI=1S/C20H20N4O2/c1-14(15-6-4-3-5-7-15)23-20(25)18-12-19(22-13-21-18)24-16-8-10-17(26-2)11-9-16/h3-14H,1-2H3,(H,23,25)(H,21,22,24). The van der Waals surface area contributed by atoms with E-state index in [1.165, 1.54) is 6.33 Å². The molecule has 3 aromatic rings. The minimum absolute atomic E-state index is 0.114. The van der Waals surface area contributed by atoms with Crippen molar-refractivity contribution in [1.82, 2.24) is 15.3 Å². The van der Waals surface area contributed by atoms with E-state index in [0.29, 0.717) is 11.5 Å².